The zero-order chi connectivity index (χ0) is 25.6. The number of aromatic hydroxyl groups is 1. The number of ether oxygens (including phenoxy) is 2. The molecule has 5 nitrogen and oxygen atoms in total. The summed E-state index contributed by atoms with van der Waals surface area (Å²) in [6.45, 7) is 1.59. The van der Waals surface area contributed by atoms with Gasteiger partial charge in [0.15, 0.2) is 13.5 Å². The van der Waals surface area contributed by atoms with Crippen LogP contribution in [-0.2, 0) is 6.54 Å². The van der Waals surface area contributed by atoms with Crippen LogP contribution in [0.3, 0.4) is 0 Å². The van der Waals surface area contributed by atoms with E-state index in [0.29, 0.717) is 25.0 Å². The summed E-state index contributed by atoms with van der Waals surface area (Å²) in [5, 5.41) is 12.7. The van der Waals surface area contributed by atoms with Crippen LogP contribution >= 0.6 is 11.6 Å². The highest BCUT2D eigenvalue weighted by molar-refractivity contribution is 6.30. The third kappa shape index (κ3) is 4.05. The van der Waals surface area contributed by atoms with Crippen molar-refractivity contribution in [1.29, 1.82) is 0 Å². The van der Waals surface area contributed by atoms with E-state index in [1.165, 1.54) is 5.39 Å². The zero-order valence-corrected chi connectivity index (χ0v) is 21.3. The molecule has 2 heterocycles. The van der Waals surface area contributed by atoms with Gasteiger partial charge in [-0.15, -0.1) is 0 Å². The lowest BCUT2D eigenvalue weighted by Gasteiger charge is -2.40. The molecule has 188 valence electrons. The van der Waals surface area contributed by atoms with Crippen molar-refractivity contribution in [3.63, 3.8) is 0 Å². The van der Waals surface area contributed by atoms with Crippen molar-refractivity contribution in [3.8, 4) is 17.2 Å². The molecular weight excluding hydrogens is 496 g/mol. The van der Waals surface area contributed by atoms with Crippen LogP contribution in [0.2, 0.25) is 5.02 Å². The molecule has 6 heteroatoms. The topological polar surface area (TPSA) is 45.2 Å². The molecule has 0 saturated heterocycles. The number of hydrogen-bond acceptors (Lipinski definition) is 5. The number of rotatable bonds is 3. The highest BCUT2D eigenvalue weighted by Crippen LogP contribution is 2.44. The molecule has 0 aliphatic carbocycles. The van der Waals surface area contributed by atoms with Gasteiger partial charge in [0.1, 0.15) is 17.2 Å². The van der Waals surface area contributed by atoms with E-state index in [-0.39, 0.29) is 11.8 Å². The summed E-state index contributed by atoms with van der Waals surface area (Å²) in [5.41, 5.74) is 5.45. The van der Waals surface area contributed by atoms with Gasteiger partial charge >= 0.3 is 0 Å². The van der Waals surface area contributed by atoms with Crippen LogP contribution in [0.25, 0.3) is 10.8 Å². The van der Waals surface area contributed by atoms with Gasteiger partial charge in [-0.3, -0.25) is 0 Å². The molecule has 0 aromatic heterocycles. The lowest BCUT2D eigenvalue weighted by atomic mass is 9.91. The number of phenolic OH excluding ortho intramolecular Hbond substituents is 1. The van der Waals surface area contributed by atoms with Gasteiger partial charge in [0, 0.05) is 34.1 Å². The number of hydrogen-bond donors (Lipinski definition) is 1. The van der Waals surface area contributed by atoms with Crippen molar-refractivity contribution >= 4 is 33.7 Å². The minimum absolute atomic E-state index is 0.0566. The maximum Gasteiger partial charge on any atom is 0.162 e. The summed E-state index contributed by atoms with van der Waals surface area (Å²) in [4.78, 5) is 4.44. The van der Waals surface area contributed by atoms with E-state index in [1.54, 1.807) is 12.1 Å². The summed E-state index contributed by atoms with van der Waals surface area (Å²) >= 11 is 6.22. The second kappa shape index (κ2) is 9.19. The van der Waals surface area contributed by atoms with Gasteiger partial charge < -0.3 is 24.4 Å². The Morgan fingerprint density at radius 3 is 2.21 bits per heavy atom. The molecule has 2 aliphatic rings. The summed E-state index contributed by atoms with van der Waals surface area (Å²) in [6.07, 6.45) is 0. The lowest BCUT2D eigenvalue weighted by molar-refractivity contribution is 0.277. The molecule has 0 radical (unpaired) electrons. The van der Waals surface area contributed by atoms with E-state index in [4.69, 9.17) is 21.1 Å². The van der Waals surface area contributed by atoms with Gasteiger partial charge in [-0.1, -0.05) is 41.9 Å². The maximum atomic E-state index is 9.70. The molecule has 0 bridgehead atoms. The molecule has 2 aliphatic heterocycles. The summed E-state index contributed by atoms with van der Waals surface area (Å²) in [6, 6.07) is 34.3. The monoisotopic (exact) mass is 520 g/mol. The van der Waals surface area contributed by atoms with Gasteiger partial charge in [-0.25, -0.2) is 0 Å². The Labute approximate surface area is 226 Å². The van der Waals surface area contributed by atoms with Crippen molar-refractivity contribution in [2.75, 3.05) is 23.3 Å². The number of anilines is 2. The fraction of sp³-hybridized carbons (Fsp3) is 0.125. The first-order chi connectivity index (χ1) is 18.6. The molecule has 7 rings (SSSR count). The van der Waals surface area contributed by atoms with Gasteiger partial charge in [0.25, 0.3) is 0 Å². The Kier molecular flexibility index (Phi) is 5.52. The first-order valence-corrected chi connectivity index (χ1v) is 13.0. The maximum absolute atomic E-state index is 9.70. The number of nitrogens with zero attached hydrogens (tertiary/aromatic N) is 2. The van der Waals surface area contributed by atoms with Crippen LogP contribution in [0, 0.1) is 0 Å². The summed E-state index contributed by atoms with van der Waals surface area (Å²) in [5.74, 6) is 2.05. The molecule has 1 unspecified atom stereocenters. The largest absolute Gasteiger partial charge is 0.508 e. The highest BCUT2D eigenvalue weighted by Gasteiger charge is 2.32. The average Bonchev–Trinajstić information content (AvgIpc) is 2.96. The first-order valence-electron chi connectivity index (χ1n) is 12.6. The summed E-state index contributed by atoms with van der Waals surface area (Å²) < 4.78 is 12.4. The number of phenols is 1. The molecule has 0 fully saturated rings. The third-order valence-electron chi connectivity index (χ3n) is 7.35. The molecule has 1 atom stereocenters. The molecule has 0 saturated carbocycles. The molecule has 1 N–H and O–H groups in total. The number of benzene rings is 5. The Hall–Kier alpha value is -4.35. The average molecular weight is 521 g/mol. The van der Waals surface area contributed by atoms with Crippen molar-refractivity contribution in [2.24, 2.45) is 0 Å². The molecule has 38 heavy (non-hydrogen) atoms. The summed E-state index contributed by atoms with van der Waals surface area (Å²) in [7, 11) is 0. The van der Waals surface area contributed by atoms with Crippen LogP contribution < -0.4 is 19.3 Å². The van der Waals surface area contributed by atoms with E-state index in [9.17, 15) is 5.11 Å². The Morgan fingerprint density at radius 1 is 0.711 bits per heavy atom. The van der Waals surface area contributed by atoms with Crippen LogP contribution in [0.5, 0.6) is 17.2 Å². The predicted octanol–water partition coefficient (Wildman–Crippen LogP) is 7.50. The lowest BCUT2D eigenvalue weighted by Crippen LogP contribution is -2.37. The Morgan fingerprint density at radius 2 is 1.42 bits per heavy atom. The molecule has 5 aromatic carbocycles. The number of halogens is 1. The van der Waals surface area contributed by atoms with Crippen LogP contribution in [0.1, 0.15) is 22.7 Å². The van der Waals surface area contributed by atoms with E-state index < -0.39 is 0 Å². The Balaban J connectivity index is 1.33. The predicted molar refractivity (Wildman–Crippen MR) is 151 cm³/mol. The minimum atomic E-state index is -0.0566. The molecular formula is C32H25ClN2O3. The van der Waals surface area contributed by atoms with Crippen molar-refractivity contribution in [2.45, 2.75) is 12.6 Å². The van der Waals surface area contributed by atoms with Gasteiger partial charge in [0.05, 0.1) is 6.04 Å². The van der Waals surface area contributed by atoms with Crippen molar-refractivity contribution in [3.05, 3.63) is 125 Å². The second-order valence-electron chi connectivity index (χ2n) is 9.71. The molecule has 0 spiro atoms. The zero-order valence-electron chi connectivity index (χ0n) is 20.5. The van der Waals surface area contributed by atoms with E-state index in [0.717, 1.165) is 45.0 Å². The standard InChI is InChI=1S/C32H25ClN2O3/c33-25-6-8-27(9-7-25)35-20-38-31-17-22-4-2-1-3-21(22)16-29(31)32(35)23-5-14-30-24(15-23)18-34(19-37-30)26-10-12-28(36)13-11-26/h1-17,32,36H,18-20H2. The first kappa shape index (κ1) is 22.8. The normalized spacial score (nSPS) is 16.4. The fourth-order valence-corrected chi connectivity index (χ4v) is 5.56. The van der Waals surface area contributed by atoms with Crippen LogP contribution in [0.4, 0.5) is 11.4 Å². The van der Waals surface area contributed by atoms with Gasteiger partial charge in [-0.05, 0) is 89.1 Å². The van der Waals surface area contributed by atoms with Crippen LogP contribution in [-0.4, -0.2) is 18.6 Å². The van der Waals surface area contributed by atoms with E-state index in [1.807, 2.05) is 36.4 Å². The molecule has 0 amide bonds. The number of fused-ring (bicyclic) bond motifs is 3. The van der Waals surface area contributed by atoms with Crippen LogP contribution in [0.15, 0.2) is 103 Å². The minimum Gasteiger partial charge on any atom is -0.508 e. The third-order valence-corrected chi connectivity index (χ3v) is 7.61. The van der Waals surface area contributed by atoms with E-state index in [2.05, 4.69) is 64.4 Å². The van der Waals surface area contributed by atoms with E-state index >= 15 is 0 Å². The smallest absolute Gasteiger partial charge is 0.162 e. The fourth-order valence-electron chi connectivity index (χ4n) is 5.43. The van der Waals surface area contributed by atoms with Crippen molar-refractivity contribution in [1.82, 2.24) is 0 Å². The Bertz CT molecular complexity index is 1640. The molecule has 5 aromatic rings. The second-order valence-corrected chi connectivity index (χ2v) is 10.2. The highest BCUT2D eigenvalue weighted by atomic mass is 35.5. The quantitative estimate of drug-likeness (QED) is 0.267. The SMILES string of the molecule is Oc1ccc(N2COc3ccc(C4c5cc6ccccc6cc5OCN4c4ccc(Cl)cc4)cc3C2)cc1. The van der Waals surface area contributed by atoms with Gasteiger partial charge in [-0.2, -0.15) is 0 Å². The van der Waals surface area contributed by atoms with Gasteiger partial charge in [0.2, 0.25) is 0 Å². The van der Waals surface area contributed by atoms with Crippen molar-refractivity contribution < 1.29 is 14.6 Å².